The molecule has 0 amide bonds. The molecule has 0 bridgehead atoms. The van der Waals surface area contributed by atoms with Gasteiger partial charge in [-0.1, -0.05) is 59.6 Å². The Morgan fingerprint density at radius 2 is 1.62 bits per heavy atom. The molecule has 6 nitrogen and oxygen atoms in total. The lowest BCUT2D eigenvalue weighted by atomic mass is 10.3. The lowest BCUT2D eigenvalue weighted by molar-refractivity contribution is 0.674. The maximum absolute atomic E-state index is 11.4. The van der Waals surface area contributed by atoms with Crippen LogP contribution in [0.2, 0.25) is 0 Å². The molecule has 0 atom stereocenters. The number of aryl methyl sites for hydroxylation is 3. The summed E-state index contributed by atoms with van der Waals surface area (Å²) in [5, 5.41) is 0. The molecule has 4 aromatic rings. The molecule has 1 aliphatic carbocycles. The van der Waals surface area contributed by atoms with Gasteiger partial charge in [-0.15, -0.1) is 0 Å². The van der Waals surface area contributed by atoms with Crippen LogP contribution in [-0.2, 0) is 13.1 Å². The van der Waals surface area contributed by atoms with Crippen molar-refractivity contribution >= 4 is 22.1 Å². The maximum Gasteiger partial charge on any atom is 0.326 e. The number of rotatable bonds is 4. The molecule has 1 fully saturated rings. The number of nitrogens with zero attached hydrogens (tertiary/aromatic N) is 4. The summed E-state index contributed by atoms with van der Waals surface area (Å²) in [6.45, 7) is 14.4. The molecule has 1 N–H and O–H groups in total. The second-order valence-electron chi connectivity index (χ2n) is 7.96. The van der Waals surface area contributed by atoms with Gasteiger partial charge in [-0.05, 0) is 43.9 Å². The smallest absolute Gasteiger partial charge is 0.326 e. The zero-order valence-electron chi connectivity index (χ0n) is 20.6. The molecule has 0 aliphatic heterocycles. The molecule has 3 aromatic heterocycles. The molecule has 0 unspecified atom stereocenters. The topological polar surface area (TPSA) is 68.5 Å². The van der Waals surface area contributed by atoms with Crippen molar-refractivity contribution in [1.29, 1.82) is 0 Å². The van der Waals surface area contributed by atoms with Gasteiger partial charge in [-0.25, -0.2) is 9.78 Å². The van der Waals surface area contributed by atoms with Crippen molar-refractivity contribution in [3.05, 3.63) is 59.0 Å². The van der Waals surface area contributed by atoms with E-state index in [4.69, 9.17) is 0 Å². The minimum atomic E-state index is -0.0511. The highest BCUT2D eigenvalue weighted by Gasteiger charge is 2.12. The predicted octanol–water partition coefficient (Wildman–Crippen LogP) is 6.33. The molecule has 0 spiro atoms. The number of para-hydroxylation sites is 2. The minimum Gasteiger partial charge on any atom is -0.328 e. The van der Waals surface area contributed by atoms with Crippen LogP contribution in [0.5, 0.6) is 0 Å². The number of imidazole rings is 2. The first-order valence-corrected chi connectivity index (χ1v) is 12.0. The van der Waals surface area contributed by atoms with Crippen LogP contribution in [0.4, 0.5) is 0 Å². The van der Waals surface area contributed by atoms with Crippen LogP contribution >= 0.6 is 0 Å². The zero-order chi connectivity index (χ0) is 23.5. The number of aromatic amines is 1. The molecular weight excluding hydrogens is 398 g/mol. The Balaban J connectivity index is 0.000000181. The zero-order valence-corrected chi connectivity index (χ0v) is 20.6. The van der Waals surface area contributed by atoms with Gasteiger partial charge in [0.15, 0.2) is 0 Å². The number of fused-ring (bicyclic) bond motifs is 2. The van der Waals surface area contributed by atoms with E-state index in [2.05, 4.69) is 58.5 Å². The van der Waals surface area contributed by atoms with Gasteiger partial charge in [0.2, 0.25) is 0 Å². The van der Waals surface area contributed by atoms with Gasteiger partial charge >= 0.3 is 5.69 Å². The van der Waals surface area contributed by atoms with Crippen molar-refractivity contribution < 1.29 is 0 Å². The summed E-state index contributed by atoms with van der Waals surface area (Å²) in [5.41, 5.74) is 4.04. The Kier molecular flexibility index (Phi) is 10.2. The number of benzene rings is 1. The second kappa shape index (κ2) is 12.8. The molecule has 5 rings (SSSR count). The van der Waals surface area contributed by atoms with E-state index in [1.165, 1.54) is 18.4 Å². The second-order valence-corrected chi connectivity index (χ2v) is 7.96. The van der Waals surface area contributed by atoms with E-state index < -0.39 is 0 Å². The molecule has 1 saturated carbocycles. The summed E-state index contributed by atoms with van der Waals surface area (Å²) < 4.78 is 4.01. The number of nitrogens with one attached hydrogen (secondary N) is 1. The Labute approximate surface area is 191 Å². The van der Waals surface area contributed by atoms with E-state index in [9.17, 15) is 4.79 Å². The molecule has 1 aliphatic rings. The molecule has 0 radical (unpaired) electrons. The van der Waals surface area contributed by atoms with Crippen molar-refractivity contribution in [3.63, 3.8) is 0 Å². The number of pyridine rings is 1. The summed E-state index contributed by atoms with van der Waals surface area (Å²) in [7, 11) is 0. The Hall–Kier alpha value is -2.89. The van der Waals surface area contributed by atoms with E-state index in [0.29, 0.717) is 0 Å². The van der Waals surface area contributed by atoms with Crippen LogP contribution in [0.3, 0.4) is 0 Å². The fourth-order valence-corrected chi connectivity index (χ4v) is 3.32. The number of aromatic nitrogens is 5. The maximum atomic E-state index is 11.4. The first-order valence-electron chi connectivity index (χ1n) is 12.0. The van der Waals surface area contributed by atoms with Crippen molar-refractivity contribution in [2.24, 2.45) is 5.92 Å². The molecule has 1 aromatic carbocycles. The Bertz CT molecular complexity index is 1130. The van der Waals surface area contributed by atoms with Crippen LogP contribution in [0.1, 0.15) is 66.1 Å². The van der Waals surface area contributed by atoms with Gasteiger partial charge in [0.25, 0.3) is 0 Å². The monoisotopic (exact) mass is 437 g/mol. The average molecular weight is 438 g/mol. The van der Waals surface area contributed by atoms with Crippen LogP contribution in [-0.4, -0.2) is 24.1 Å². The lowest BCUT2D eigenvalue weighted by Crippen LogP contribution is -2.16. The van der Waals surface area contributed by atoms with E-state index in [1.54, 1.807) is 17.0 Å². The standard InChI is InChI=1S/C11H14N2.C9H11N3O.C4H8.C2H6/c1-3-8-13-9(2)12-10-6-4-5-7-11(10)13;1-2-5-12-8-3-4-10-6-7(8)11-9(12)13;1-4-2-3-4;1-2/h4-7H,3,8H2,1-2H3;3-4,6H,2,5H2,1H3,(H,11,13);4H,2-3H2,1H3;1-2H3. The molecule has 174 valence electrons. The number of H-pyrrole nitrogens is 1. The van der Waals surface area contributed by atoms with Crippen LogP contribution < -0.4 is 5.69 Å². The summed E-state index contributed by atoms with van der Waals surface area (Å²) >= 11 is 0. The summed E-state index contributed by atoms with van der Waals surface area (Å²) in [4.78, 5) is 22.6. The van der Waals surface area contributed by atoms with E-state index in [1.807, 2.05) is 32.9 Å². The van der Waals surface area contributed by atoms with Crippen molar-refractivity contribution in [3.8, 4) is 0 Å². The molecular formula is C26H39N5O. The summed E-state index contributed by atoms with van der Waals surface area (Å²) in [6.07, 6.45) is 8.45. The largest absolute Gasteiger partial charge is 0.328 e. The lowest BCUT2D eigenvalue weighted by Gasteiger charge is -2.03. The molecule has 6 heteroatoms. The third-order valence-corrected chi connectivity index (χ3v) is 5.18. The van der Waals surface area contributed by atoms with Crippen LogP contribution in [0, 0.1) is 12.8 Å². The van der Waals surface area contributed by atoms with Crippen LogP contribution in [0.25, 0.3) is 22.1 Å². The van der Waals surface area contributed by atoms with Crippen molar-refractivity contribution in [2.45, 2.75) is 80.3 Å². The van der Waals surface area contributed by atoms with Gasteiger partial charge in [-0.3, -0.25) is 9.55 Å². The molecule has 3 heterocycles. The van der Waals surface area contributed by atoms with Gasteiger partial charge in [-0.2, -0.15) is 0 Å². The van der Waals surface area contributed by atoms with Gasteiger partial charge in [0.1, 0.15) is 5.82 Å². The van der Waals surface area contributed by atoms with E-state index in [0.717, 1.165) is 54.2 Å². The third-order valence-electron chi connectivity index (χ3n) is 5.18. The highest BCUT2D eigenvalue weighted by molar-refractivity contribution is 5.75. The third kappa shape index (κ3) is 6.81. The SMILES string of the molecule is CC.CC1CC1.CCCn1c(=O)[nH]c2cnccc21.CCCn1c(C)nc2ccccc21. The highest BCUT2D eigenvalue weighted by Crippen LogP contribution is 2.26. The fourth-order valence-electron chi connectivity index (χ4n) is 3.32. The first kappa shape index (κ1) is 25.4. The summed E-state index contributed by atoms with van der Waals surface area (Å²) in [5.74, 6) is 2.20. The quantitative estimate of drug-likeness (QED) is 0.405. The Morgan fingerprint density at radius 3 is 2.25 bits per heavy atom. The average Bonchev–Trinajstić information content (AvgIpc) is 3.44. The van der Waals surface area contributed by atoms with Gasteiger partial charge in [0.05, 0.1) is 28.3 Å². The predicted molar refractivity (Wildman–Crippen MR) is 135 cm³/mol. The first-order chi connectivity index (χ1) is 15.5. The van der Waals surface area contributed by atoms with Crippen LogP contribution in [0.15, 0.2) is 47.5 Å². The molecule has 0 saturated heterocycles. The summed E-state index contributed by atoms with van der Waals surface area (Å²) in [6, 6.07) is 10.1. The van der Waals surface area contributed by atoms with Crippen molar-refractivity contribution in [2.75, 3.05) is 0 Å². The normalized spacial score (nSPS) is 12.3. The number of hydrogen-bond donors (Lipinski definition) is 1. The Morgan fingerprint density at radius 1 is 1.00 bits per heavy atom. The van der Waals surface area contributed by atoms with E-state index in [-0.39, 0.29) is 5.69 Å². The van der Waals surface area contributed by atoms with E-state index >= 15 is 0 Å². The van der Waals surface area contributed by atoms with Gasteiger partial charge in [0, 0.05) is 19.3 Å². The number of hydrogen-bond acceptors (Lipinski definition) is 3. The van der Waals surface area contributed by atoms with Crippen molar-refractivity contribution in [1.82, 2.24) is 24.1 Å². The molecule has 32 heavy (non-hydrogen) atoms. The highest BCUT2D eigenvalue weighted by atomic mass is 16.1. The van der Waals surface area contributed by atoms with Gasteiger partial charge < -0.3 is 9.55 Å². The fraction of sp³-hybridized carbons (Fsp3) is 0.500. The minimum absolute atomic E-state index is 0.0511.